The van der Waals surface area contributed by atoms with Crippen LogP contribution in [0.5, 0.6) is 0 Å². The third-order valence-corrected chi connectivity index (χ3v) is 2.67. The molecule has 2 nitrogen and oxygen atoms in total. The minimum atomic E-state index is -0.330. The Morgan fingerprint density at radius 1 is 1.50 bits per heavy atom. The Morgan fingerprint density at radius 2 is 2.29 bits per heavy atom. The van der Waals surface area contributed by atoms with E-state index in [9.17, 15) is 4.39 Å². The Hall–Kier alpha value is -1.05. The fraction of sp³-hybridized carbons (Fsp3) is 0.300. The molecule has 0 fully saturated rings. The fourth-order valence-electron chi connectivity index (χ4n) is 1.04. The molecule has 14 heavy (non-hydrogen) atoms. The number of aliphatic hydroxyl groups is 1. The third kappa shape index (κ3) is 3.02. The van der Waals surface area contributed by atoms with Crippen LogP contribution in [0.25, 0.3) is 0 Å². The first kappa shape index (κ1) is 11.0. The van der Waals surface area contributed by atoms with E-state index in [1.165, 1.54) is 30.0 Å². The summed E-state index contributed by atoms with van der Waals surface area (Å²) in [6, 6.07) is 6.12. The summed E-state index contributed by atoms with van der Waals surface area (Å²) in [4.78, 5) is 0. The van der Waals surface area contributed by atoms with Crippen molar-refractivity contribution in [3.8, 4) is 6.07 Å². The second-order valence-corrected chi connectivity index (χ2v) is 3.79. The van der Waals surface area contributed by atoms with Gasteiger partial charge in [-0.2, -0.15) is 17.0 Å². The van der Waals surface area contributed by atoms with E-state index in [4.69, 9.17) is 10.4 Å². The van der Waals surface area contributed by atoms with Gasteiger partial charge in [-0.1, -0.05) is 0 Å². The van der Waals surface area contributed by atoms with Crippen LogP contribution in [0, 0.1) is 17.1 Å². The summed E-state index contributed by atoms with van der Waals surface area (Å²) >= 11 is 1.48. The second-order valence-electron chi connectivity index (χ2n) is 2.69. The lowest BCUT2D eigenvalue weighted by Crippen LogP contribution is -1.92. The number of thioether (sulfide) groups is 1. The van der Waals surface area contributed by atoms with Crippen molar-refractivity contribution in [3.63, 3.8) is 0 Å². The summed E-state index contributed by atoms with van der Waals surface area (Å²) in [5, 5.41) is 17.3. The van der Waals surface area contributed by atoms with E-state index >= 15 is 0 Å². The van der Waals surface area contributed by atoms with E-state index in [1.807, 2.05) is 6.07 Å². The normalized spacial score (nSPS) is 9.79. The molecule has 0 spiro atoms. The molecular weight excluding hydrogens is 201 g/mol. The SMILES string of the molecule is N#Cc1ccc(F)cc1CSCCO. The topological polar surface area (TPSA) is 44.0 Å². The van der Waals surface area contributed by atoms with Gasteiger partial charge in [0.05, 0.1) is 18.2 Å². The van der Waals surface area contributed by atoms with Crippen molar-refractivity contribution in [2.45, 2.75) is 5.75 Å². The number of hydrogen-bond acceptors (Lipinski definition) is 3. The molecule has 1 rings (SSSR count). The molecule has 0 aliphatic carbocycles. The maximum absolute atomic E-state index is 12.8. The van der Waals surface area contributed by atoms with Crippen molar-refractivity contribution in [1.82, 2.24) is 0 Å². The van der Waals surface area contributed by atoms with E-state index in [1.54, 1.807) is 0 Å². The van der Waals surface area contributed by atoms with E-state index in [0.717, 1.165) is 0 Å². The first-order valence-electron chi connectivity index (χ1n) is 4.15. The number of nitriles is 1. The Morgan fingerprint density at radius 3 is 2.93 bits per heavy atom. The molecular formula is C10H10FNOS. The second kappa shape index (κ2) is 5.63. The molecule has 0 saturated carbocycles. The van der Waals surface area contributed by atoms with E-state index in [0.29, 0.717) is 22.6 Å². The van der Waals surface area contributed by atoms with Gasteiger partial charge in [0.2, 0.25) is 0 Å². The molecule has 0 unspecified atom stereocenters. The zero-order chi connectivity index (χ0) is 10.4. The molecule has 0 saturated heterocycles. The molecule has 0 radical (unpaired) electrons. The highest BCUT2D eigenvalue weighted by Gasteiger charge is 2.03. The van der Waals surface area contributed by atoms with Crippen LogP contribution in [0.15, 0.2) is 18.2 Å². The van der Waals surface area contributed by atoms with E-state index < -0.39 is 0 Å². The number of nitrogens with zero attached hydrogens (tertiary/aromatic N) is 1. The number of halogens is 1. The largest absolute Gasteiger partial charge is 0.396 e. The summed E-state index contributed by atoms with van der Waals surface area (Å²) < 4.78 is 12.8. The predicted octanol–water partition coefficient (Wildman–Crippen LogP) is 1.92. The van der Waals surface area contributed by atoms with Gasteiger partial charge in [-0.3, -0.25) is 0 Å². The number of aliphatic hydroxyl groups excluding tert-OH is 1. The smallest absolute Gasteiger partial charge is 0.123 e. The van der Waals surface area contributed by atoms with Crippen molar-refractivity contribution in [2.24, 2.45) is 0 Å². The lowest BCUT2D eigenvalue weighted by atomic mass is 10.1. The van der Waals surface area contributed by atoms with Crippen molar-refractivity contribution < 1.29 is 9.50 Å². The highest BCUT2D eigenvalue weighted by Crippen LogP contribution is 2.17. The lowest BCUT2D eigenvalue weighted by molar-refractivity contribution is 0.322. The first-order chi connectivity index (χ1) is 6.77. The predicted molar refractivity (Wildman–Crippen MR) is 54.4 cm³/mol. The third-order valence-electron chi connectivity index (χ3n) is 1.68. The first-order valence-corrected chi connectivity index (χ1v) is 5.30. The van der Waals surface area contributed by atoms with Gasteiger partial charge < -0.3 is 5.11 Å². The van der Waals surface area contributed by atoms with Crippen LogP contribution in [-0.4, -0.2) is 17.5 Å². The monoisotopic (exact) mass is 211 g/mol. The standard InChI is InChI=1S/C10H10FNOS/c11-10-2-1-8(6-12)9(5-10)7-14-4-3-13/h1-2,5,13H,3-4,7H2. The molecule has 1 aromatic carbocycles. The summed E-state index contributed by atoms with van der Waals surface area (Å²) in [6.07, 6.45) is 0. The number of hydrogen-bond donors (Lipinski definition) is 1. The molecule has 0 aliphatic rings. The molecule has 4 heteroatoms. The Bertz CT molecular complexity index is 348. The van der Waals surface area contributed by atoms with Crippen LogP contribution in [0.2, 0.25) is 0 Å². The average Bonchev–Trinajstić information content (AvgIpc) is 2.19. The minimum Gasteiger partial charge on any atom is -0.396 e. The molecule has 0 heterocycles. The van der Waals surface area contributed by atoms with Gasteiger partial charge >= 0.3 is 0 Å². The van der Waals surface area contributed by atoms with Crippen LogP contribution in [-0.2, 0) is 5.75 Å². The van der Waals surface area contributed by atoms with Crippen LogP contribution in [0.3, 0.4) is 0 Å². The Labute approximate surface area is 86.4 Å². The molecule has 0 bridgehead atoms. The highest BCUT2D eigenvalue weighted by molar-refractivity contribution is 7.98. The molecule has 1 N–H and O–H groups in total. The highest BCUT2D eigenvalue weighted by atomic mass is 32.2. The van der Waals surface area contributed by atoms with Gasteiger partial charge in [0.25, 0.3) is 0 Å². The van der Waals surface area contributed by atoms with Gasteiger partial charge in [-0.15, -0.1) is 0 Å². The Kier molecular flexibility index (Phi) is 4.44. The van der Waals surface area contributed by atoms with Crippen LogP contribution in [0.1, 0.15) is 11.1 Å². The summed E-state index contributed by atoms with van der Waals surface area (Å²) in [5.74, 6) is 0.825. The lowest BCUT2D eigenvalue weighted by Gasteiger charge is -2.02. The average molecular weight is 211 g/mol. The fourth-order valence-corrected chi connectivity index (χ4v) is 1.77. The van der Waals surface area contributed by atoms with Gasteiger partial charge in [-0.05, 0) is 23.8 Å². The van der Waals surface area contributed by atoms with Crippen molar-refractivity contribution >= 4 is 11.8 Å². The maximum Gasteiger partial charge on any atom is 0.123 e. The van der Waals surface area contributed by atoms with Gasteiger partial charge in [0.15, 0.2) is 0 Å². The molecule has 0 amide bonds. The van der Waals surface area contributed by atoms with Crippen LogP contribution >= 0.6 is 11.8 Å². The zero-order valence-corrected chi connectivity index (χ0v) is 8.35. The molecule has 1 aromatic rings. The van der Waals surface area contributed by atoms with Gasteiger partial charge in [0.1, 0.15) is 5.82 Å². The summed E-state index contributed by atoms with van der Waals surface area (Å²) in [5.41, 5.74) is 1.18. The maximum atomic E-state index is 12.8. The van der Waals surface area contributed by atoms with Crippen molar-refractivity contribution in [3.05, 3.63) is 35.1 Å². The van der Waals surface area contributed by atoms with Crippen molar-refractivity contribution in [2.75, 3.05) is 12.4 Å². The van der Waals surface area contributed by atoms with Gasteiger partial charge in [0, 0.05) is 11.5 Å². The summed E-state index contributed by atoms with van der Waals surface area (Å²) in [7, 11) is 0. The number of benzene rings is 1. The zero-order valence-electron chi connectivity index (χ0n) is 7.53. The van der Waals surface area contributed by atoms with Crippen LogP contribution in [0.4, 0.5) is 4.39 Å². The quantitative estimate of drug-likeness (QED) is 0.774. The van der Waals surface area contributed by atoms with E-state index in [-0.39, 0.29) is 12.4 Å². The molecule has 0 aromatic heterocycles. The molecule has 0 atom stereocenters. The summed E-state index contributed by atoms with van der Waals surface area (Å²) in [6.45, 7) is 0.0991. The molecule has 0 aliphatic heterocycles. The van der Waals surface area contributed by atoms with Crippen molar-refractivity contribution in [1.29, 1.82) is 5.26 Å². The minimum absolute atomic E-state index is 0.0991. The number of rotatable bonds is 4. The van der Waals surface area contributed by atoms with Crippen LogP contribution < -0.4 is 0 Å². The molecule has 74 valence electrons. The van der Waals surface area contributed by atoms with E-state index in [2.05, 4.69) is 0 Å². The van der Waals surface area contributed by atoms with Gasteiger partial charge in [-0.25, -0.2) is 4.39 Å². The Balaban J connectivity index is 2.73.